The number of hydrogen-bond acceptors (Lipinski definition) is 2. The maximum atomic E-state index is 3.47. The summed E-state index contributed by atoms with van der Waals surface area (Å²) in [5.74, 6) is 0.894. The van der Waals surface area contributed by atoms with E-state index >= 15 is 0 Å². The summed E-state index contributed by atoms with van der Waals surface area (Å²) in [7, 11) is 0. The van der Waals surface area contributed by atoms with Gasteiger partial charge in [-0.1, -0.05) is 32.4 Å². The first-order valence-corrected chi connectivity index (χ1v) is 7.79. The molecule has 1 aliphatic heterocycles. The van der Waals surface area contributed by atoms with Crippen molar-refractivity contribution in [2.24, 2.45) is 5.92 Å². The Balaban J connectivity index is 1.99. The van der Waals surface area contributed by atoms with Gasteiger partial charge in [-0.05, 0) is 49.4 Å². The van der Waals surface area contributed by atoms with Crippen molar-refractivity contribution in [3.05, 3.63) is 29.3 Å². The van der Waals surface area contributed by atoms with Crippen LogP contribution in [0.4, 0.5) is 5.69 Å². The largest absolute Gasteiger partial charge is 0.371 e. The van der Waals surface area contributed by atoms with Gasteiger partial charge in [-0.3, -0.25) is 0 Å². The Morgan fingerprint density at radius 2 is 2.16 bits per heavy atom. The molecule has 106 valence electrons. The van der Waals surface area contributed by atoms with Gasteiger partial charge in [0, 0.05) is 25.3 Å². The SMILES string of the molecule is CCCNCc1ccc(N2CCC(CC)C2)c(C)c1. The van der Waals surface area contributed by atoms with E-state index in [9.17, 15) is 0 Å². The van der Waals surface area contributed by atoms with Crippen LogP contribution in [-0.2, 0) is 6.54 Å². The molecule has 2 rings (SSSR count). The second kappa shape index (κ2) is 6.95. The van der Waals surface area contributed by atoms with E-state index in [0.717, 1.165) is 19.0 Å². The molecule has 1 aromatic rings. The van der Waals surface area contributed by atoms with Gasteiger partial charge in [-0.15, -0.1) is 0 Å². The molecule has 1 aliphatic rings. The summed E-state index contributed by atoms with van der Waals surface area (Å²) in [4.78, 5) is 2.56. The van der Waals surface area contributed by atoms with E-state index in [0.29, 0.717) is 0 Å². The Hall–Kier alpha value is -1.02. The Kier molecular flexibility index (Phi) is 5.26. The number of aryl methyl sites for hydroxylation is 1. The molecule has 1 fully saturated rings. The summed E-state index contributed by atoms with van der Waals surface area (Å²) < 4.78 is 0. The highest BCUT2D eigenvalue weighted by atomic mass is 15.2. The molecule has 0 bridgehead atoms. The topological polar surface area (TPSA) is 15.3 Å². The van der Waals surface area contributed by atoms with E-state index in [1.54, 1.807) is 0 Å². The molecule has 0 aliphatic carbocycles. The molecule has 0 aromatic heterocycles. The minimum atomic E-state index is 0.894. The van der Waals surface area contributed by atoms with Gasteiger partial charge >= 0.3 is 0 Å². The van der Waals surface area contributed by atoms with Gasteiger partial charge in [0.1, 0.15) is 0 Å². The predicted octanol–water partition coefficient (Wildman–Crippen LogP) is 3.73. The van der Waals surface area contributed by atoms with Crippen LogP contribution in [0.3, 0.4) is 0 Å². The van der Waals surface area contributed by atoms with Crippen molar-refractivity contribution in [3.8, 4) is 0 Å². The van der Waals surface area contributed by atoms with Gasteiger partial charge in [0.15, 0.2) is 0 Å². The first-order valence-electron chi connectivity index (χ1n) is 7.79. The third-order valence-corrected chi connectivity index (χ3v) is 4.22. The summed E-state index contributed by atoms with van der Waals surface area (Å²) in [6, 6.07) is 6.94. The van der Waals surface area contributed by atoms with Gasteiger partial charge in [0.25, 0.3) is 0 Å². The Morgan fingerprint density at radius 1 is 1.32 bits per heavy atom. The number of nitrogens with one attached hydrogen (secondary N) is 1. The average molecular weight is 260 g/mol. The monoisotopic (exact) mass is 260 g/mol. The molecule has 0 amide bonds. The van der Waals surface area contributed by atoms with Crippen LogP contribution in [0.5, 0.6) is 0 Å². The maximum absolute atomic E-state index is 3.47. The van der Waals surface area contributed by atoms with Crippen molar-refractivity contribution >= 4 is 5.69 Å². The molecule has 0 saturated carbocycles. The van der Waals surface area contributed by atoms with Crippen LogP contribution in [0, 0.1) is 12.8 Å². The van der Waals surface area contributed by atoms with Crippen molar-refractivity contribution in [2.75, 3.05) is 24.5 Å². The fourth-order valence-electron chi connectivity index (χ4n) is 2.98. The molecule has 0 radical (unpaired) electrons. The van der Waals surface area contributed by atoms with Crippen molar-refractivity contribution in [1.29, 1.82) is 0 Å². The minimum absolute atomic E-state index is 0.894. The summed E-state index contributed by atoms with van der Waals surface area (Å²) in [6.45, 7) is 11.3. The van der Waals surface area contributed by atoms with Gasteiger partial charge in [-0.25, -0.2) is 0 Å². The molecule has 19 heavy (non-hydrogen) atoms. The lowest BCUT2D eigenvalue weighted by molar-refractivity contribution is 0.569. The van der Waals surface area contributed by atoms with E-state index in [1.165, 1.54) is 49.2 Å². The van der Waals surface area contributed by atoms with Gasteiger partial charge in [0.05, 0.1) is 0 Å². The second-order valence-corrected chi connectivity index (χ2v) is 5.81. The fourth-order valence-corrected chi connectivity index (χ4v) is 2.98. The van der Waals surface area contributed by atoms with Crippen LogP contribution >= 0.6 is 0 Å². The molecule has 1 heterocycles. The van der Waals surface area contributed by atoms with Gasteiger partial charge < -0.3 is 10.2 Å². The zero-order valence-corrected chi connectivity index (χ0v) is 12.7. The molecule has 1 saturated heterocycles. The average Bonchev–Trinajstić information content (AvgIpc) is 2.88. The lowest BCUT2D eigenvalue weighted by atomic mass is 10.1. The Bertz CT molecular complexity index is 400. The molecule has 1 atom stereocenters. The Morgan fingerprint density at radius 3 is 2.79 bits per heavy atom. The lowest BCUT2D eigenvalue weighted by Crippen LogP contribution is -2.20. The van der Waals surface area contributed by atoms with E-state index in [-0.39, 0.29) is 0 Å². The summed E-state index contributed by atoms with van der Waals surface area (Å²) in [5, 5.41) is 3.47. The Labute approximate surface area is 118 Å². The van der Waals surface area contributed by atoms with Gasteiger partial charge in [0.2, 0.25) is 0 Å². The molecule has 2 heteroatoms. The molecule has 1 unspecified atom stereocenters. The first-order chi connectivity index (χ1) is 9.24. The molecule has 1 aromatic carbocycles. The highest BCUT2D eigenvalue weighted by molar-refractivity contribution is 5.55. The number of nitrogens with zero attached hydrogens (tertiary/aromatic N) is 1. The number of anilines is 1. The molecular formula is C17H28N2. The first kappa shape index (κ1) is 14.4. The molecule has 0 spiro atoms. The zero-order valence-electron chi connectivity index (χ0n) is 12.7. The number of rotatable bonds is 6. The zero-order chi connectivity index (χ0) is 13.7. The maximum Gasteiger partial charge on any atom is 0.0396 e. The van der Waals surface area contributed by atoms with Crippen LogP contribution in [-0.4, -0.2) is 19.6 Å². The van der Waals surface area contributed by atoms with E-state index in [4.69, 9.17) is 0 Å². The smallest absolute Gasteiger partial charge is 0.0396 e. The van der Waals surface area contributed by atoms with Crippen molar-refractivity contribution in [3.63, 3.8) is 0 Å². The third kappa shape index (κ3) is 3.73. The van der Waals surface area contributed by atoms with Crippen LogP contribution in [0.2, 0.25) is 0 Å². The van der Waals surface area contributed by atoms with Crippen LogP contribution in [0.1, 0.15) is 44.2 Å². The number of benzene rings is 1. The predicted molar refractivity (Wildman–Crippen MR) is 83.8 cm³/mol. The standard InChI is InChI=1S/C17H28N2/c1-4-9-18-12-16-6-7-17(14(3)11-16)19-10-8-15(5-2)13-19/h6-7,11,15,18H,4-5,8-10,12-13H2,1-3H3. The van der Waals surface area contributed by atoms with Crippen LogP contribution in [0.25, 0.3) is 0 Å². The summed E-state index contributed by atoms with van der Waals surface area (Å²) >= 11 is 0. The molecular weight excluding hydrogens is 232 g/mol. The minimum Gasteiger partial charge on any atom is -0.371 e. The van der Waals surface area contributed by atoms with Crippen LogP contribution in [0.15, 0.2) is 18.2 Å². The van der Waals surface area contributed by atoms with E-state index in [2.05, 4.69) is 49.2 Å². The quantitative estimate of drug-likeness (QED) is 0.784. The second-order valence-electron chi connectivity index (χ2n) is 5.81. The highest BCUT2D eigenvalue weighted by Crippen LogP contribution is 2.28. The van der Waals surface area contributed by atoms with Crippen LogP contribution < -0.4 is 10.2 Å². The summed E-state index contributed by atoms with van der Waals surface area (Å²) in [6.07, 6.45) is 3.87. The van der Waals surface area contributed by atoms with Crippen molar-refractivity contribution in [2.45, 2.75) is 46.6 Å². The summed E-state index contributed by atoms with van der Waals surface area (Å²) in [5.41, 5.74) is 4.27. The number of hydrogen-bond donors (Lipinski definition) is 1. The third-order valence-electron chi connectivity index (χ3n) is 4.22. The van der Waals surface area contributed by atoms with Crippen molar-refractivity contribution in [1.82, 2.24) is 5.32 Å². The lowest BCUT2D eigenvalue weighted by Gasteiger charge is -2.21. The molecule has 1 N–H and O–H groups in total. The molecule has 2 nitrogen and oxygen atoms in total. The van der Waals surface area contributed by atoms with E-state index < -0.39 is 0 Å². The normalized spacial score (nSPS) is 19.1. The van der Waals surface area contributed by atoms with Gasteiger partial charge in [-0.2, -0.15) is 0 Å². The van der Waals surface area contributed by atoms with Crippen molar-refractivity contribution < 1.29 is 0 Å². The van der Waals surface area contributed by atoms with E-state index in [1.807, 2.05) is 0 Å². The highest BCUT2D eigenvalue weighted by Gasteiger charge is 2.21. The fraction of sp³-hybridized carbons (Fsp3) is 0.647.